The molecule has 0 atom stereocenters. The lowest BCUT2D eigenvalue weighted by Gasteiger charge is -2.06. The molecule has 0 aliphatic heterocycles. The number of hydrogen-bond acceptors (Lipinski definition) is 6. The summed E-state index contributed by atoms with van der Waals surface area (Å²) in [6.07, 6.45) is 0. The van der Waals surface area contributed by atoms with Crippen LogP contribution in [0.25, 0.3) is 0 Å². The fraction of sp³-hybridized carbons (Fsp3) is 0.444. The highest BCUT2D eigenvalue weighted by atomic mass is 35.5. The Balaban J connectivity index is 2.79. The first kappa shape index (κ1) is 14.7. The first-order valence-electron chi connectivity index (χ1n) is 4.99. The first-order valence-corrected chi connectivity index (χ1v) is 7.02. The van der Waals surface area contributed by atoms with E-state index in [0.29, 0.717) is 5.69 Å². The van der Waals surface area contributed by atoms with Crippen molar-refractivity contribution in [2.75, 3.05) is 17.1 Å². The van der Waals surface area contributed by atoms with E-state index < -0.39 is 21.7 Å². The number of hydrogen-bond donors (Lipinski definition) is 1. The summed E-state index contributed by atoms with van der Waals surface area (Å²) in [4.78, 5) is 18.6. The number of nitrogens with one attached hydrogen (secondary N) is 1. The Kier molecular flexibility index (Phi) is 4.85. The fourth-order valence-electron chi connectivity index (χ4n) is 1.11. The Morgan fingerprint density at radius 2 is 2.17 bits per heavy atom. The van der Waals surface area contributed by atoms with Crippen LogP contribution in [0.1, 0.15) is 12.6 Å². The van der Waals surface area contributed by atoms with E-state index in [9.17, 15) is 13.2 Å². The standard InChI is InChI=1S/C9H12ClN3O4S/c1-3-17-8(14)5-18(15,16)13-9-11-6(2)4-7(10)12-9/h4H,3,5H2,1-2H3,(H,11,12,13). The van der Waals surface area contributed by atoms with Gasteiger partial charge in [0.2, 0.25) is 16.0 Å². The molecule has 0 aliphatic carbocycles. The highest BCUT2D eigenvalue weighted by Gasteiger charge is 2.18. The number of esters is 1. The van der Waals surface area contributed by atoms with E-state index >= 15 is 0 Å². The lowest BCUT2D eigenvalue weighted by molar-refractivity contribution is -0.139. The van der Waals surface area contributed by atoms with Crippen LogP contribution in [0.5, 0.6) is 0 Å². The molecule has 0 bridgehead atoms. The molecule has 0 fully saturated rings. The van der Waals surface area contributed by atoms with Crippen molar-refractivity contribution in [3.63, 3.8) is 0 Å². The molecule has 1 heterocycles. The summed E-state index contributed by atoms with van der Waals surface area (Å²) in [5, 5.41) is 0.108. The number of nitrogens with zero attached hydrogens (tertiary/aromatic N) is 2. The predicted octanol–water partition coefficient (Wildman–Crippen LogP) is 0.743. The maximum absolute atomic E-state index is 11.6. The zero-order valence-electron chi connectivity index (χ0n) is 9.81. The van der Waals surface area contributed by atoms with Crippen molar-refractivity contribution in [2.24, 2.45) is 0 Å². The number of carbonyl (C=O) groups excluding carboxylic acids is 1. The molecule has 0 radical (unpaired) electrons. The van der Waals surface area contributed by atoms with Gasteiger partial charge in [-0.1, -0.05) is 11.6 Å². The monoisotopic (exact) mass is 293 g/mol. The molecule has 0 saturated carbocycles. The molecule has 18 heavy (non-hydrogen) atoms. The summed E-state index contributed by atoms with van der Waals surface area (Å²) in [6, 6.07) is 1.48. The Bertz CT molecular complexity index is 526. The van der Waals surface area contributed by atoms with E-state index in [1.165, 1.54) is 6.07 Å². The number of rotatable bonds is 5. The second kappa shape index (κ2) is 5.96. The lowest BCUT2D eigenvalue weighted by Crippen LogP contribution is -2.25. The Morgan fingerprint density at radius 3 is 2.72 bits per heavy atom. The van der Waals surface area contributed by atoms with Crippen molar-refractivity contribution in [2.45, 2.75) is 13.8 Å². The molecular formula is C9H12ClN3O4S. The molecule has 0 spiro atoms. The molecule has 1 N–H and O–H groups in total. The summed E-state index contributed by atoms with van der Waals surface area (Å²) in [7, 11) is -3.90. The van der Waals surface area contributed by atoms with Crippen LogP contribution in [0.2, 0.25) is 5.15 Å². The van der Waals surface area contributed by atoms with Crippen LogP contribution in [-0.2, 0) is 19.6 Å². The quantitative estimate of drug-likeness (QED) is 0.635. The van der Waals surface area contributed by atoms with Crippen molar-refractivity contribution in [1.82, 2.24) is 9.97 Å². The van der Waals surface area contributed by atoms with Crippen LogP contribution in [0.15, 0.2) is 6.07 Å². The van der Waals surface area contributed by atoms with E-state index in [-0.39, 0.29) is 17.7 Å². The van der Waals surface area contributed by atoms with Crippen LogP contribution < -0.4 is 4.72 Å². The van der Waals surface area contributed by atoms with Gasteiger partial charge in [-0.2, -0.15) is 0 Å². The predicted molar refractivity (Wildman–Crippen MR) is 65.8 cm³/mol. The Hall–Kier alpha value is -1.41. The Morgan fingerprint density at radius 1 is 1.50 bits per heavy atom. The van der Waals surface area contributed by atoms with Gasteiger partial charge in [0.05, 0.1) is 6.61 Å². The van der Waals surface area contributed by atoms with Crippen LogP contribution in [0.3, 0.4) is 0 Å². The van der Waals surface area contributed by atoms with Crippen LogP contribution in [0, 0.1) is 6.92 Å². The third-order valence-corrected chi connectivity index (χ3v) is 2.99. The number of aryl methyl sites for hydroxylation is 1. The van der Waals surface area contributed by atoms with Crippen molar-refractivity contribution in [3.05, 3.63) is 16.9 Å². The highest BCUT2D eigenvalue weighted by molar-refractivity contribution is 7.93. The van der Waals surface area contributed by atoms with Gasteiger partial charge in [-0.25, -0.2) is 18.4 Å². The molecule has 0 unspecified atom stereocenters. The van der Waals surface area contributed by atoms with Gasteiger partial charge in [-0.05, 0) is 19.9 Å². The second-order valence-electron chi connectivity index (χ2n) is 3.32. The fourth-order valence-corrected chi connectivity index (χ4v) is 2.18. The first-order chi connectivity index (χ1) is 8.32. The van der Waals surface area contributed by atoms with Crippen molar-refractivity contribution in [1.29, 1.82) is 0 Å². The lowest BCUT2D eigenvalue weighted by atomic mass is 10.5. The molecule has 0 saturated heterocycles. The molecule has 0 amide bonds. The molecule has 100 valence electrons. The van der Waals surface area contributed by atoms with Crippen molar-refractivity contribution >= 4 is 33.5 Å². The average Bonchev–Trinajstić information content (AvgIpc) is 2.13. The summed E-state index contributed by atoms with van der Waals surface area (Å²) in [5.41, 5.74) is 0.504. The van der Waals surface area contributed by atoms with Gasteiger partial charge in [-0.15, -0.1) is 0 Å². The smallest absolute Gasteiger partial charge is 0.323 e. The number of anilines is 1. The summed E-state index contributed by atoms with van der Waals surface area (Å²) in [5.74, 6) is -1.82. The maximum atomic E-state index is 11.6. The number of sulfonamides is 1. The average molecular weight is 294 g/mol. The zero-order valence-corrected chi connectivity index (χ0v) is 11.4. The minimum atomic E-state index is -3.90. The molecule has 1 aromatic rings. The van der Waals surface area contributed by atoms with Crippen molar-refractivity contribution < 1.29 is 17.9 Å². The van der Waals surface area contributed by atoms with Gasteiger partial charge in [-0.3, -0.25) is 9.52 Å². The molecule has 7 nitrogen and oxygen atoms in total. The number of aromatic nitrogens is 2. The Labute approximate surface area is 110 Å². The maximum Gasteiger partial charge on any atom is 0.323 e. The molecule has 1 rings (SSSR count). The minimum Gasteiger partial charge on any atom is -0.465 e. The molecule has 9 heteroatoms. The van der Waals surface area contributed by atoms with Crippen LogP contribution >= 0.6 is 11.6 Å². The van der Waals surface area contributed by atoms with Gasteiger partial charge < -0.3 is 4.74 Å². The van der Waals surface area contributed by atoms with Gasteiger partial charge in [0.1, 0.15) is 5.15 Å². The van der Waals surface area contributed by atoms with E-state index in [0.717, 1.165) is 0 Å². The largest absolute Gasteiger partial charge is 0.465 e. The van der Waals surface area contributed by atoms with E-state index in [1.54, 1.807) is 13.8 Å². The summed E-state index contributed by atoms with van der Waals surface area (Å²) >= 11 is 5.66. The van der Waals surface area contributed by atoms with Crippen LogP contribution in [0.4, 0.5) is 5.95 Å². The number of halogens is 1. The minimum absolute atomic E-state index is 0.108. The van der Waals surface area contributed by atoms with Gasteiger partial charge >= 0.3 is 5.97 Å². The van der Waals surface area contributed by atoms with E-state index in [4.69, 9.17) is 11.6 Å². The molecule has 0 aromatic carbocycles. The van der Waals surface area contributed by atoms with Gasteiger partial charge in [0.15, 0.2) is 5.75 Å². The van der Waals surface area contributed by atoms with Crippen LogP contribution in [-0.4, -0.2) is 36.7 Å². The van der Waals surface area contributed by atoms with E-state index in [1.807, 2.05) is 0 Å². The summed E-state index contributed by atoms with van der Waals surface area (Å²) in [6.45, 7) is 3.33. The molecule has 0 aliphatic rings. The van der Waals surface area contributed by atoms with Gasteiger partial charge in [0, 0.05) is 5.69 Å². The molecule has 1 aromatic heterocycles. The highest BCUT2D eigenvalue weighted by Crippen LogP contribution is 2.10. The van der Waals surface area contributed by atoms with Gasteiger partial charge in [0.25, 0.3) is 0 Å². The topological polar surface area (TPSA) is 98.2 Å². The van der Waals surface area contributed by atoms with E-state index in [2.05, 4.69) is 19.4 Å². The normalized spacial score (nSPS) is 11.1. The SMILES string of the molecule is CCOC(=O)CS(=O)(=O)Nc1nc(C)cc(Cl)n1. The second-order valence-corrected chi connectivity index (χ2v) is 5.43. The summed E-state index contributed by atoms with van der Waals surface area (Å²) < 4.78 is 29.7. The third-order valence-electron chi connectivity index (χ3n) is 1.68. The number of carbonyl (C=O) groups is 1. The van der Waals surface area contributed by atoms with Crippen molar-refractivity contribution in [3.8, 4) is 0 Å². The zero-order chi connectivity index (χ0) is 13.8. The molecular weight excluding hydrogens is 282 g/mol. The third kappa shape index (κ3) is 4.84. The number of ether oxygens (including phenoxy) is 1.